The maximum absolute atomic E-state index is 12.5. The molecule has 8 heteroatoms. The minimum absolute atomic E-state index is 0.0106. The molecular weight excluding hydrogens is 326 g/mol. The lowest BCUT2D eigenvalue weighted by Gasteiger charge is -2.34. The zero-order valence-electron chi connectivity index (χ0n) is 15.2. The largest absolute Gasteiger partial charge is 0.450 e. The minimum atomic E-state index is -0.345. The van der Waals surface area contributed by atoms with Gasteiger partial charge in [0.15, 0.2) is 0 Å². The van der Waals surface area contributed by atoms with Crippen molar-refractivity contribution in [2.45, 2.75) is 45.6 Å². The van der Waals surface area contributed by atoms with E-state index in [1.54, 1.807) is 23.6 Å². The summed E-state index contributed by atoms with van der Waals surface area (Å²) >= 11 is 0. The molecule has 2 saturated heterocycles. The summed E-state index contributed by atoms with van der Waals surface area (Å²) in [5, 5.41) is 3.08. The van der Waals surface area contributed by atoms with Crippen molar-refractivity contribution in [1.82, 2.24) is 15.1 Å². The molecular formula is C17H29N3O5. The number of carbonyl (C=O) groups is 3. The first-order valence-corrected chi connectivity index (χ1v) is 9.18. The highest BCUT2D eigenvalue weighted by atomic mass is 16.6. The number of hydrogen-bond acceptors (Lipinski definition) is 5. The van der Waals surface area contributed by atoms with E-state index in [0.717, 1.165) is 25.7 Å². The van der Waals surface area contributed by atoms with Crippen LogP contribution < -0.4 is 5.32 Å². The Kier molecular flexibility index (Phi) is 7.33. The van der Waals surface area contributed by atoms with Crippen LogP contribution in [0.2, 0.25) is 0 Å². The Morgan fingerprint density at radius 2 is 1.52 bits per heavy atom. The fraction of sp³-hybridized carbons (Fsp3) is 0.824. The van der Waals surface area contributed by atoms with Gasteiger partial charge in [-0.05, 0) is 39.5 Å². The Labute approximate surface area is 148 Å². The molecule has 0 aromatic rings. The van der Waals surface area contributed by atoms with Crippen molar-refractivity contribution in [1.29, 1.82) is 0 Å². The maximum atomic E-state index is 12.5. The quantitative estimate of drug-likeness (QED) is 0.827. The molecule has 2 rings (SSSR count). The first-order chi connectivity index (χ1) is 12.0. The molecule has 1 N–H and O–H groups in total. The van der Waals surface area contributed by atoms with Gasteiger partial charge in [0.25, 0.3) is 0 Å². The molecule has 142 valence electrons. The van der Waals surface area contributed by atoms with E-state index in [1.807, 2.05) is 0 Å². The van der Waals surface area contributed by atoms with E-state index in [1.165, 1.54) is 0 Å². The molecule has 3 amide bonds. The topological polar surface area (TPSA) is 88.2 Å². The minimum Gasteiger partial charge on any atom is -0.450 e. The van der Waals surface area contributed by atoms with Gasteiger partial charge < -0.3 is 24.6 Å². The SMILES string of the molecule is CCOC(=O)N1CCC(NC(=O)C2CCCN(C(=O)OCC)C2)CC1. The van der Waals surface area contributed by atoms with Crippen molar-refractivity contribution in [3.05, 3.63) is 0 Å². The highest BCUT2D eigenvalue weighted by Gasteiger charge is 2.31. The summed E-state index contributed by atoms with van der Waals surface area (Å²) in [7, 11) is 0. The molecule has 8 nitrogen and oxygen atoms in total. The number of ether oxygens (including phenoxy) is 2. The van der Waals surface area contributed by atoms with Gasteiger partial charge in [-0.1, -0.05) is 0 Å². The van der Waals surface area contributed by atoms with Gasteiger partial charge in [-0.3, -0.25) is 4.79 Å². The lowest BCUT2D eigenvalue weighted by Crippen LogP contribution is -2.51. The second-order valence-corrected chi connectivity index (χ2v) is 6.45. The van der Waals surface area contributed by atoms with Crippen LogP contribution in [0.4, 0.5) is 9.59 Å². The summed E-state index contributed by atoms with van der Waals surface area (Å²) < 4.78 is 10.0. The van der Waals surface area contributed by atoms with Gasteiger partial charge in [0.05, 0.1) is 19.1 Å². The highest BCUT2D eigenvalue weighted by molar-refractivity contribution is 5.80. The molecule has 0 radical (unpaired) electrons. The highest BCUT2D eigenvalue weighted by Crippen LogP contribution is 2.19. The van der Waals surface area contributed by atoms with Crippen molar-refractivity contribution in [3.8, 4) is 0 Å². The predicted molar refractivity (Wildman–Crippen MR) is 91.1 cm³/mol. The molecule has 2 aliphatic rings. The Morgan fingerprint density at radius 3 is 2.12 bits per heavy atom. The van der Waals surface area contributed by atoms with Gasteiger partial charge >= 0.3 is 12.2 Å². The predicted octanol–water partition coefficient (Wildman–Crippen LogP) is 1.59. The van der Waals surface area contributed by atoms with Crippen molar-refractivity contribution >= 4 is 18.1 Å². The van der Waals surface area contributed by atoms with E-state index >= 15 is 0 Å². The fourth-order valence-electron chi connectivity index (χ4n) is 3.31. The summed E-state index contributed by atoms with van der Waals surface area (Å²) in [5.74, 6) is -0.204. The van der Waals surface area contributed by atoms with Crippen LogP contribution in [-0.4, -0.2) is 73.3 Å². The van der Waals surface area contributed by atoms with Crippen LogP contribution in [0, 0.1) is 5.92 Å². The van der Waals surface area contributed by atoms with Gasteiger partial charge in [0, 0.05) is 32.2 Å². The summed E-state index contributed by atoms with van der Waals surface area (Å²) in [6.45, 7) is 6.49. The molecule has 2 aliphatic heterocycles. The van der Waals surface area contributed by atoms with Gasteiger partial charge in [-0.15, -0.1) is 0 Å². The number of piperidine rings is 2. The second kappa shape index (κ2) is 9.48. The standard InChI is InChI=1S/C17H29N3O5/c1-3-24-16(22)19-10-7-14(8-11-19)18-15(21)13-6-5-9-20(12-13)17(23)25-4-2/h13-14H,3-12H2,1-2H3,(H,18,21). The van der Waals surface area contributed by atoms with Crippen LogP contribution in [0.25, 0.3) is 0 Å². The number of likely N-dealkylation sites (tertiary alicyclic amines) is 2. The van der Waals surface area contributed by atoms with Gasteiger partial charge in [0.1, 0.15) is 0 Å². The van der Waals surface area contributed by atoms with Crippen molar-refractivity contribution in [2.75, 3.05) is 39.4 Å². The van der Waals surface area contributed by atoms with Gasteiger partial charge in [-0.25, -0.2) is 9.59 Å². The van der Waals surface area contributed by atoms with Crippen molar-refractivity contribution < 1.29 is 23.9 Å². The average Bonchev–Trinajstić information content (AvgIpc) is 2.63. The van der Waals surface area contributed by atoms with E-state index in [2.05, 4.69) is 5.32 Å². The van der Waals surface area contributed by atoms with E-state index < -0.39 is 0 Å². The average molecular weight is 355 g/mol. The molecule has 0 aromatic carbocycles. The number of amides is 3. The fourth-order valence-corrected chi connectivity index (χ4v) is 3.31. The van der Waals surface area contributed by atoms with E-state index in [-0.39, 0.29) is 30.1 Å². The van der Waals surface area contributed by atoms with E-state index in [9.17, 15) is 14.4 Å². The maximum Gasteiger partial charge on any atom is 0.409 e. The molecule has 2 fully saturated rings. The van der Waals surface area contributed by atoms with Crippen LogP contribution >= 0.6 is 0 Å². The molecule has 25 heavy (non-hydrogen) atoms. The molecule has 0 saturated carbocycles. The van der Waals surface area contributed by atoms with Crippen molar-refractivity contribution in [2.24, 2.45) is 5.92 Å². The second-order valence-electron chi connectivity index (χ2n) is 6.45. The first-order valence-electron chi connectivity index (χ1n) is 9.18. The third-order valence-electron chi connectivity index (χ3n) is 4.69. The zero-order valence-corrected chi connectivity index (χ0v) is 15.2. The molecule has 1 unspecified atom stereocenters. The normalized spacial score (nSPS) is 21.6. The molecule has 0 spiro atoms. The zero-order chi connectivity index (χ0) is 18.2. The number of carbonyl (C=O) groups excluding carboxylic acids is 3. The Bertz CT molecular complexity index is 477. The van der Waals surface area contributed by atoms with Crippen LogP contribution in [0.3, 0.4) is 0 Å². The monoisotopic (exact) mass is 355 g/mol. The summed E-state index contributed by atoms with van der Waals surface area (Å²) in [4.78, 5) is 39.3. The smallest absolute Gasteiger partial charge is 0.409 e. The summed E-state index contributed by atoms with van der Waals surface area (Å²) in [5.41, 5.74) is 0. The third kappa shape index (κ3) is 5.51. The first kappa shape index (κ1) is 19.3. The van der Waals surface area contributed by atoms with Crippen LogP contribution in [0.5, 0.6) is 0 Å². The third-order valence-corrected chi connectivity index (χ3v) is 4.69. The number of nitrogens with one attached hydrogen (secondary N) is 1. The molecule has 0 bridgehead atoms. The molecule has 0 aliphatic carbocycles. The number of rotatable bonds is 4. The summed E-state index contributed by atoms with van der Waals surface area (Å²) in [6.07, 6.45) is 2.40. The number of hydrogen-bond donors (Lipinski definition) is 1. The van der Waals surface area contributed by atoms with Crippen molar-refractivity contribution in [3.63, 3.8) is 0 Å². The van der Waals surface area contributed by atoms with Crippen LogP contribution in [0.1, 0.15) is 39.5 Å². The Morgan fingerprint density at radius 1 is 0.920 bits per heavy atom. The molecule has 1 atom stereocenters. The summed E-state index contributed by atoms with van der Waals surface area (Å²) in [6, 6.07) is 0.0659. The van der Waals surface area contributed by atoms with Crippen LogP contribution in [0.15, 0.2) is 0 Å². The van der Waals surface area contributed by atoms with Gasteiger partial charge in [0.2, 0.25) is 5.91 Å². The van der Waals surface area contributed by atoms with E-state index in [4.69, 9.17) is 9.47 Å². The van der Waals surface area contributed by atoms with E-state index in [0.29, 0.717) is 39.4 Å². The number of nitrogens with zero attached hydrogens (tertiary/aromatic N) is 2. The molecule has 0 aromatic heterocycles. The van der Waals surface area contributed by atoms with Gasteiger partial charge in [-0.2, -0.15) is 0 Å². The lowest BCUT2D eigenvalue weighted by atomic mass is 9.96. The lowest BCUT2D eigenvalue weighted by molar-refractivity contribution is -0.127. The molecule has 2 heterocycles. The Hall–Kier alpha value is -1.99. The Balaban J connectivity index is 1.76. The van der Waals surface area contributed by atoms with Crippen LogP contribution in [-0.2, 0) is 14.3 Å².